The third-order valence-corrected chi connectivity index (χ3v) is 10.2. The second-order valence-corrected chi connectivity index (χ2v) is 13.8. The number of hydrogen-bond donors (Lipinski definition) is 0. The summed E-state index contributed by atoms with van der Waals surface area (Å²) in [5.74, 6) is 0.487. The van der Waals surface area contributed by atoms with Gasteiger partial charge < -0.3 is 14.4 Å². The van der Waals surface area contributed by atoms with Gasteiger partial charge in [-0.2, -0.15) is 0 Å². The number of unbranched alkanes of at least 4 members (excludes halogenated alkanes) is 11. The van der Waals surface area contributed by atoms with Crippen molar-refractivity contribution in [2.45, 2.75) is 110 Å². The van der Waals surface area contributed by atoms with Gasteiger partial charge in [-0.3, -0.25) is 19.4 Å². The third kappa shape index (κ3) is 12.5. The summed E-state index contributed by atoms with van der Waals surface area (Å²) in [5, 5.41) is 1.23. The van der Waals surface area contributed by atoms with Crippen LogP contribution in [-0.2, 0) is 20.7 Å². The van der Waals surface area contributed by atoms with Crippen molar-refractivity contribution in [3.63, 3.8) is 0 Å². The molecule has 260 valence electrons. The van der Waals surface area contributed by atoms with Gasteiger partial charge in [0.05, 0.1) is 28.0 Å². The third-order valence-electron chi connectivity index (χ3n) is 9.38. The SMILES string of the molecule is CCCCCCCCCCCCCC(=O)OCN1C(=O)CCc2ccc(OCCCCN3CCN(c4cccc(Cl)c4Cl)CC3)cc21. The number of esters is 1. The van der Waals surface area contributed by atoms with Crippen LogP contribution in [0.25, 0.3) is 0 Å². The van der Waals surface area contributed by atoms with Crippen LogP contribution in [-0.4, -0.2) is 62.8 Å². The Kier molecular flexibility index (Phi) is 16.5. The highest BCUT2D eigenvalue weighted by Gasteiger charge is 2.26. The van der Waals surface area contributed by atoms with E-state index in [0.717, 1.165) is 81.1 Å². The lowest BCUT2D eigenvalue weighted by Crippen LogP contribution is -2.46. The monoisotopic (exact) mass is 687 g/mol. The molecule has 2 aliphatic heterocycles. The van der Waals surface area contributed by atoms with Gasteiger partial charge in [-0.15, -0.1) is 0 Å². The lowest BCUT2D eigenvalue weighted by molar-refractivity contribution is -0.144. The normalized spacial score (nSPS) is 15.2. The predicted octanol–water partition coefficient (Wildman–Crippen LogP) is 9.46. The first-order valence-electron chi connectivity index (χ1n) is 18.1. The van der Waals surface area contributed by atoms with Crippen molar-refractivity contribution in [3.05, 3.63) is 52.0 Å². The number of rotatable bonds is 21. The smallest absolute Gasteiger partial charge is 0.307 e. The number of carbonyl (C=O) groups excluding carboxylic acids is 2. The first kappa shape index (κ1) is 37.3. The molecule has 2 aliphatic rings. The van der Waals surface area contributed by atoms with Gasteiger partial charge in [0.1, 0.15) is 5.75 Å². The van der Waals surface area contributed by atoms with Gasteiger partial charge in [-0.1, -0.05) is 106 Å². The second kappa shape index (κ2) is 20.8. The summed E-state index contributed by atoms with van der Waals surface area (Å²) in [4.78, 5) is 31.6. The van der Waals surface area contributed by atoms with Gasteiger partial charge in [0, 0.05) is 45.1 Å². The molecule has 2 aromatic rings. The van der Waals surface area contributed by atoms with E-state index >= 15 is 0 Å². The van der Waals surface area contributed by atoms with Crippen molar-refractivity contribution in [2.24, 2.45) is 0 Å². The number of hydrogen-bond acceptors (Lipinski definition) is 6. The molecular weight excluding hydrogens is 633 g/mol. The Hall–Kier alpha value is -2.48. The van der Waals surface area contributed by atoms with Gasteiger partial charge in [0.25, 0.3) is 0 Å². The zero-order valence-corrected chi connectivity index (χ0v) is 30.0. The molecule has 0 aliphatic carbocycles. The van der Waals surface area contributed by atoms with Crippen LogP contribution in [0.1, 0.15) is 109 Å². The largest absolute Gasteiger partial charge is 0.494 e. The summed E-state index contributed by atoms with van der Waals surface area (Å²) in [6, 6.07) is 11.7. The summed E-state index contributed by atoms with van der Waals surface area (Å²) >= 11 is 12.6. The Morgan fingerprint density at radius 2 is 1.49 bits per heavy atom. The highest BCUT2D eigenvalue weighted by Crippen LogP contribution is 2.33. The zero-order chi connectivity index (χ0) is 33.3. The van der Waals surface area contributed by atoms with E-state index in [0.29, 0.717) is 35.9 Å². The number of anilines is 2. The average molecular weight is 689 g/mol. The van der Waals surface area contributed by atoms with Gasteiger partial charge in [0.15, 0.2) is 6.73 Å². The zero-order valence-electron chi connectivity index (χ0n) is 28.5. The number of benzene rings is 2. The van der Waals surface area contributed by atoms with Crippen molar-refractivity contribution >= 4 is 46.5 Å². The molecule has 0 spiro atoms. The van der Waals surface area contributed by atoms with Crippen LogP contribution in [0.5, 0.6) is 5.75 Å². The molecule has 1 fully saturated rings. The number of ether oxygens (including phenoxy) is 2. The van der Waals surface area contributed by atoms with Crippen molar-refractivity contribution < 1.29 is 19.1 Å². The van der Waals surface area contributed by atoms with E-state index in [4.69, 9.17) is 32.7 Å². The number of aryl methyl sites for hydroxylation is 1. The molecule has 1 saturated heterocycles. The van der Waals surface area contributed by atoms with Gasteiger partial charge in [-0.05, 0) is 56.0 Å². The van der Waals surface area contributed by atoms with Crippen LogP contribution < -0.4 is 14.5 Å². The second-order valence-electron chi connectivity index (χ2n) is 13.0. The highest BCUT2D eigenvalue weighted by molar-refractivity contribution is 6.43. The molecule has 2 heterocycles. The molecule has 7 nitrogen and oxygen atoms in total. The van der Waals surface area contributed by atoms with Crippen molar-refractivity contribution in [2.75, 3.05) is 55.9 Å². The molecule has 1 amide bonds. The molecule has 2 aromatic carbocycles. The lowest BCUT2D eigenvalue weighted by Gasteiger charge is -2.36. The summed E-state index contributed by atoms with van der Waals surface area (Å²) < 4.78 is 11.7. The fourth-order valence-electron chi connectivity index (χ4n) is 6.47. The first-order chi connectivity index (χ1) is 23.0. The van der Waals surface area contributed by atoms with Gasteiger partial charge in [0.2, 0.25) is 5.91 Å². The van der Waals surface area contributed by atoms with E-state index < -0.39 is 0 Å². The standard InChI is InChI=1S/C38H55Cl2N3O4/c1-2-3-4-5-6-7-8-9-10-11-12-18-37(45)47-30-43-35-29-32(21-19-31(35)20-22-36(43)44)46-28-14-13-23-41-24-26-42(27-25-41)34-17-15-16-33(39)38(34)40/h15-17,19,21,29H,2-14,18,20,22-28,30H2,1H3. The molecule has 0 bridgehead atoms. The number of carbonyl (C=O) groups is 2. The molecule has 0 aromatic heterocycles. The Morgan fingerprint density at radius 3 is 2.21 bits per heavy atom. The lowest BCUT2D eigenvalue weighted by atomic mass is 10.0. The number of nitrogens with zero attached hydrogens (tertiary/aromatic N) is 3. The molecule has 0 N–H and O–H groups in total. The number of piperazine rings is 1. The summed E-state index contributed by atoms with van der Waals surface area (Å²) in [6.45, 7) is 7.68. The molecule has 9 heteroatoms. The maximum atomic E-state index is 12.8. The van der Waals surface area contributed by atoms with Crippen molar-refractivity contribution in [1.82, 2.24) is 4.90 Å². The molecular formula is C38H55Cl2N3O4. The Balaban J connectivity index is 1.10. The van der Waals surface area contributed by atoms with Crippen LogP contribution in [0.4, 0.5) is 11.4 Å². The summed E-state index contributed by atoms with van der Waals surface area (Å²) in [6.07, 6.45) is 17.1. The predicted molar refractivity (Wildman–Crippen MR) is 194 cm³/mol. The molecule has 0 atom stereocenters. The number of amides is 1. The maximum Gasteiger partial charge on any atom is 0.307 e. The molecule has 0 radical (unpaired) electrons. The quantitative estimate of drug-likeness (QED) is 0.0962. The van der Waals surface area contributed by atoms with Crippen LogP contribution in [0, 0.1) is 0 Å². The van der Waals surface area contributed by atoms with E-state index in [2.05, 4.69) is 16.7 Å². The highest BCUT2D eigenvalue weighted by atomic mass is 35.5. The minimum absolute atomic E-state index is 0.0186. The van der Waals surface area contributed by atoms with E-state index in [9.17, 15) is 9.59 Å². The van der Waals surface area contributed by atoms with E-state index in [1.165, 1.54) is 57.8 Å². The van der Waals surface area contributed by atoms with E-state index in [1.54, 1.807) is 4.90 Å². The van der Waals surface area contributed by atoms with Crippen LogP contribution in [0.2, 0.25) is 10.0 Å². The summed E-state index contributed by atoms with van der Waals surface area (Å²) in [7, 11) is 0. The van der Waals surface area contributed by atoms with Crippen molar-refractivity contribution in [3.8, 4) is 5.75 Å². The number of fused-ring (bicyclic) bond motifs is 1. The fraction of sp³-hybridized carbons (Fsp3) is 0.632. The Labute approximate surface area is 292 Å². The summed E-state index contributed by atoms with van der Waals surface area (Å²) in [5.41, 5.74) is 2.88. The minimum atomic E-state index is -0.233. The average Bonchev–Trinajstić information content (AvgIpc) is 3.08. The van der Waals surface area contributed by atoms with Crippen LogP contribution in [0.15, 0.2) is 36.4 Å². The van der Waals surface area contributed by atoms with E-state index in [-0.39, 0.29) is 18.6 Å². The fourth-order valence-corrected chi connectivity index (χ4v) is 6.88. The number of halogens is 2. The topological polar surface area (TPSA) is 62.3 Å². The molecule has 4 rings (SSSR count). The first-order valence-corrected chi connectivity index (χ1v) is 18.8. The molecule has 47 heavy (non-hydrogen) atoms. The van der Waals surface area contributed by atoms with Crippen LogP contribution >= 0.6 is 23.2 Å². The van der Waals surface area contributed by atoms with Gasteiger partial charge in [-0.25, -0.2) is 0 Å². The maximum absolute atomic E-state index is 12.8. The minimum Gasteiger partial charge on any atom is -0.494 e. The van der Waals surface area contributed by atoms with Gasteiger partial charge >= 0.3 is 5.97 Å². The van der Waals surface area contributed by atoms with E-state index in [1.807, 2.05) is 36.4 Å². The van der Waals surface area contributed by atoms with Crippen molar-refractivity contribution in [1.29, 1.82) is 0 Å². The van der Waals surface area contributed by atoms with Crippen LogP contribution in [0.3, 0.4) is 0 Å². The molecule has 0 saturated carbocycles. The Bertz CT molecular complexity index is 1250. The molecule has 0 unspecified atom stereocenters. The Morgan fingerprint density at radius 1 is 0.787 bits per heavy atom.